The Morgan fingerprint density at radius 3 is 2.50 bits per heavy atom. The first kappa shape index (κ1) is 25.3. The number of fused-ring (bicyclic) bond motifs is 3. The molecule has 0 aliphatic carbocycles. The van der Waals surface area contributed by atoms with Gasteiger partial charge in [0.25, 0.3) is 0 Å². The molecule has 0 saturated carbocycles. The van der Waals surface area contributed by atoms with Crippen LogP contribution in [-0.4, -0.2) is 36.2 Å². The number of methoxy groups -OCH3 is 2. The summed E-state index contributed by atoms with van der Waals surface area (Å²) in [6.45, 7) is 4.41. The molecule has 38 heavy (non-hydrogen) atoms. The lowest BCUT2D eigenvalue weighted by molar-refractivity contribution is -0.116. The maximum atomic E-state index is 13.1. The highest BCUT2D eigenvalue weighted by atomic mass is 16.5. The van der Waals surface area contributed by atoms with E-state index >= 15 is 0 Å². The Bertz CT molecular complexity index is 1510. The van der Waals surface area contributed by atoms with Gasteiger partial charge in [0.2, 0.25) is 5.91 Å². The van der Waals surface area contributed by atoms with Crippen LogP contribution in [0, 0.1) is 6.92 Å². The Balaban J connectivity index is 1.51. The number of ether oxygens (including phenoxy) is 2. The molecule has 2 aromatic heterocycles. The van der Waals surface area contributed by atoms with Crippen LogP contribution in [-0.2, 0) is 17.8 Å². The van der Waals surface area contributed by atoms with E-state index in [4.69, 9.17) is 13.9 Å². The summed E-state index contributed by atoms with van der Waals surface area (Å²) in [4.78, 5) is 31.9. The van der Waals surface area contributed by atoms with Crippen LogP contribution in [0.2, 0.25) is 0 Å². The number of anilines is 1. The van der Waals surface area contributed by atoms with Gasteiger partial charge in [0.15, 0.2) is 11.5 Å². The molecule has 0 spiro atoms. The van der Waals surface area contributed by atoms with Crippen molar-refractivity contribution in [2.45, 2.75) is 39.2 Å². The van der Waals surface area contributed by atoms with E-state index in [1.54, 1.807) is 29.9 Å². The molecule has 2 aromatic carbocycles. The van der Waals surface area contributed by atoms with Crippen molar-refractivity contribution in [3.8, 4) is 22.8 Å². The first-order valence-electron chi connectivity index (χ1n) is 12.6. The lowest BCUT2D eigenvalue weighted by Gasteiger charge is -2.27. The molecule has 0 radical (unpaired) electrons. The molecule has 1 amide bonds. The summed E-state index contributed by atoms with van der Waals surface area (Å²) in [5, 5.41) is 0. The number of carbonyl (C=O) groups is 1. The summed E-state index contributed by atoms with van der Waals surface area (Å²) in [5.41, 5.74) is 4.50. The molecule has 3 heterocycles. The zero-order valence-corrected chi connectivity index (χ0v) is 22.1. The lowest BCUT2D eigenvalue weighted by atomic mass is 9.92. The van der Waals surface area contributed by atoms with Crippen LogP contribution in [0.15, 0.2) is 70.1 Å². The van der Waals surface area contributed by atoms with Crippen molar-refractivity contribution in [1.82, 2.24) is 9.55 Å². The molecule has 8 nitrogen and oxygen atoms in total. The topological polar surface area (TPSA) is 86.8 Å². The highest BCUT2D eigenvalue weighted by Gasteiger charge is 2.25. The molecule has 4 aromatic rings. The number of nitrogens with zero attached hydrogens (tertiary/aromatic N) is 3. The van der Waals surface area contributed by atoms with Crippen molar-refractivity contribution < 1.29 is 18.7 Å². The second kappa shape index (κ2) is 10.6. The predicted octanol–water partition coefficient (Wildman–Crippen LogP) is 4.96. The van der Waals surface area contributed by atoms with Gasteiger partial charge < -0.3 is 13.9 Å². The summed E-state index contributed by atoms with van der Waals surface area (Å²) in [5.74, 6) is 2.13. The van der Waals surface area contributed by atoms with E-state index < -0.39 is 0 Å². The van der Waals surface area contributed by atoms with Crippen LogP contribution in [0.5, 0.6) is 11.5 Å². The molecule has 0 fully saturated rings. The molecular formula is C30H31N3O5. The molecule has 0 N–H and O–H groups in total. The summed E-state index contributed by atoms with van der Waals surface area (Å²) >= 11 is 0. The molecule has 196 valence electrons. The number of hydrogen-bond donors (Lipinski definition) is 0. The Labute approximate surface area is 221 Å². The van der Waals surface area contributed by atoms with Crippen molar-refractivity contribution in [2.75, 3.05) is 25.7 Å². The molecule has 5 rings (SSSR count). The number of hydrogen-bond acceptors (Lipinski definition) is 6. The Morgan fingerprint density at radius 1 is 1.11 bits per heavy atom. The summed E-state index contributed by atoms with van der Waals surface area (Å²) in [7, 11) is 3.18. The van der Waals surface area contributed by atoms with Crippen LogP contribution >= 0.6 is 0 Å². The average molecular weight is 514 g/mol. The summed E-state index contributed by atoms with van der Waals surface area (Å²) in [6, 6.07) is 17.8. The van der Waals surface area contributed by atoms with Gasteiger partial charge in [-0.15, -0.1) is 0 Å². The van der Waals surface area contributed by atoms with Crippen molar-refractivity contribution in [2.24, 2.45) is 0 Å². The van der Waals surface area contributed by atoms with Gasteiger partial charge in [-0.2, -0.15) is 4.98 Å². The number of aryl methyl sites for hydroxylation is 2. The highest BCUT2D eigenvalue weighted by Crippen LogP contribution is 2.38. The normalized spacial score (nSPS) is 12.8. The Hall–Kier alpha value is -4.33. The largest absolute Gasteiger partial charge is 0.493 e. The van der Waals surface area contributed by atoms with Crippen LogP contribution < -0.4 is 20.1 Å². The van der Waals surface area contributed by atoms with Gasteiger partial charge >= 0.3 is 5.69 Å². The van der Waals surface area contributed by atoms with Crippen LogP contribution in [0.4, 0.5) is 5.82 Å². The van der Waals surface area contributed by atoms with Gasteiger partial charge in [0.05, 0.1) is 26.2 Å². The van der Waals surface area contributed by atoms with Crippen LogP contribution in [0.25, 0.3) is 11.3 Å². The first-order chi connectivity index (χ1) is 18.4. The zero-order chi connectivity index (χ0) is 26.8. The minimum Gasteiger partial charge on any atom is -0.493 e. The molecule has 1 aliphatic rings. The molecule has 1 atom stereocenters. The number of carbonyl (C=O) groups excluding carboxylic acids is 1. The van der Waals surface area contributed by atoms with Crippen molar-refractivity contribution in [1.29, 1.82) is 0 Å². The van der Waals surface area contributed by atoms with Crippen molar-refractivity contribution in [3.05, 3.63) is 93.8 Å². The third-order valence-electron chi connectivity index (χ3n) is 7.15. The number of amides is 1. The number of furan rings is 1. The van der Waals surface area contributed by atoms with E-state index in [0.717, 1.165) is 22.5 Å². The van der Waals surface area contributed by atoms with E-state index in [0.29, 0.717) is 48.9 Å². The van der Waals surface area contributed by atoms with E-state index in [-0.39, 0.29) is 17.5 Å². The molecule has 0 bridgehead atoms. The fraction of sp³-hybridized carbons (Fsp3) is 0.300. The van der Waals surface area contributed by atoms with E-state index in [2.05, 4.69) is 29.2 Å². The fourth-order valence-electron chi connectivity index (χ4n) is 5.12. The first-order valence-corrected chi connectivity index (χ1v) is 12.6. The van der Waals surface area contributed by atoms with Gasteiger partial charge in [0, 0.05) is 37.6 Å². The van der Waals surface area contributed by atoms with Crippen molar-refractivity contribution >= 4 is 11.7 Å². The minimum atomic E-state index is -0.384. The Morgan fingerprint density at radius 2 is 1.84 bits per heavy atom. The zero-order valence-electron chi connectivity index (χ0n) is 22.1. The summed E-state index contributed by atoms with van der Waals surface area (Å²) in [6.07, 6.45) is 2.92. The quantitative estimate of drug-likeness (QED) is 0.331. The molecule has 0 unspecified atom stereocenters. The van der Waals surface area contributed by atoms with Gasteiger partial charge in [-0.25, -0.2) is 4.79 Å². The fourth-order valence-corrected chi connectivity index (χ4v) is 5.12. The second-order valence-corrected chi connectivity index (χ2v) is 9.49. The van der Waals surface area contributed by atoms with E-state index in [9.17, 15) is 9.59 Å². The molecule has 0 saturated heterocycles. The van der Waals surface area contributed by atoms with Crippen molar-refractivity contribution in [3.63, 3.8) is 0 Å². The maximum absolute atomic E-state index is 13.1. The Kier molecular flexibility index (Phi) is 7.05. The monoisotopic (exact) mass is 513 g/mol. The molecule has 8 heteroatoms. The third kappa shape index (κ3) is 4.81. The van der Waals surface area contributed by atoms with Crippen LogP contribution in [0.1, 0.15) is 41.7 Å². The molecule has 1 aliphatic heterocycles. The average Bonchev–Trinajstić information content (AvgIpc) is 3.45. The van der Waals surface area contributed by atoms with Gasteiger partial charge in [-0.1, -0.05) is 29.8 Å². The van der Waals surface area contributed by atoms with E-state index in [1.165, 1.54) is 12.5 Å². The van der Waals surface area contributed by atoms with E-state index in [1.807, 2.05) is 37.3 Å². The lowest BCUT2D eigenvalue weighted by Crippen LogP contribution is -2.36. The maximum Gasteiger partial charge on any atom is 0.350 e. The van der Waals surface area contributed by atoms with Gasteiger partial charge in [0.1, 0.15) is 11.6 Å². The highest BCUT2D eigenvalue weighted by molar-refractivity contribution is 5.91. The third-order valence-corrected chi connectivity index (χ3v) is 7.15. The molecular weight excluding hydrogens is 482 g/mol. The minimum absolute atomic E-state index is 0.0522. The predicted molar refractivity (Wildman–Crippen MR) is 145 cm³/mol. The SMILES string of the molecule is COc1cc2c(cc1OC)-c1cc(N(CC[C@H](c3ccc(C)cc3)c3ccco3)C(C)=O)nc(=O)n1CC2. The van der Waals surface area contributed by atoms with Gasteiger partial charge in [-0.3, -0.25) is 14.3 Å². The standard InChI is InChI=1S/C30H31N3O5/c1-19-7-9-21(10-8-19)23(26-6-5-15-38-26)12-14-32(20(2)34)29-18-25-24-17-28(37-4)27(36-3)16-22(24)11-13-33(25)30(35)31-29/h5-10,15-18,23H,11-14H2,1-4H3/t23-/m1/s1. The van der Waals surface area contributed by atoms with Gasteiger partial charge in [-0.05, 0) is 55.2 Å². The summed E-state index contributed by atoms with van der Waals surface area (Å²) < 4.78 is 18.4. The number of rotatable bonds is 8. The van der Waals surface area contributed by atoms with Crippen LogP contribution in [0.3, 0.4) is 0 Å². The smallest absolute Gasteiger partial charge is 0.350 e. The second-order valence-electron chi connectivity index (χ2n) is 9.49. The number of benzene rings is 2. The number of aromatic nitrogens is 2.